The van der Waals surface area contributed by atoms with Crippen LogP contribution in [0.2, 0.25) is 0 Å². The third kappa shape index (κ3) is 5.62. The van der Waals surface area contributed by atoms with E-state index in [0.717, 1.165) is 24.8 Å². The van der Waals surface area contributed by atoms with E-state index in [1.807, 2.05) is 30.3 Å². The first-order valence-corrected chi connectivity index (χ1v) is 14.4. The minimum absolute atomic E-state index is 0.0310. The summed E-state index contributed by atoms with van der Waals surface area (Å²) in [5.41, 5.74) is 1.62. The van der Waals surface area contributed by atoms with Gasteiger partial charge in [0.2, 0.25) is 10.0 Å². The lowest BCUT2D eigenvalue weighted by Gasteiger charge is -2.34. The summed E-state index contributed by atoms with van der Waals surface area (Å²) >= 11 is 0. The molecule has 9 nitrogen and oxygen atoms in total. The molecule has 0 spiro atoms. The van der Waals surface area contributed by atoms with Crippen molar-refractivity contribution in [1.29, 1.82) is 0 Å². The number of para-hydroxylation sites is 2. The Morgan fingerprint density at radius 1 is 0.974 bits per heavy atom. The molecule has 3 aromatic rings. The van der Waals surface area contributed by atoms with Crippen molar-refractivity contribution < 1.29 is 27.5 Å². The maximum absolute atomic E-state index is 13.9. The van der Waals surface area contributed by atoms with Crippen LogP contribution in [-0.2, 0) is 21.4 Å². The molecule has 204 valence electrons. The van der Waals surface area contributed by atoms with Gasteiger partial charge in [-0.15, -0.1) is 0 Å². The highest BCUT2D eigenvalue weighted by Gasteiger charge is 2.35. The summed E-state index contributed by atoms with van der Waals surface area (Å²) in [5, 5.41) is 2.88. The fraction of sp³-hybridized carbons (Fsp3) is 0.310. The zero-order valence-electron chi connectivity index (χ0n) is 21.7. The molecule has 3 aromatic carbocycles. The smallest absolute Gasteiger partial charge is 0.263 e. The van der Waals surface area contributed by atoms with E-state index < -0.39 is 22.0 Å². The van der Waals surface area contributed by atoms with Gasteiger partial charge in [0.1, 0.15) is 16.4 Å². The zero-order valence-corrected chi connectivity index (χ0v) is 22.5. The van der Waals surface area contributed by atoms with Crippen LogP contribution in [0.15, 0.2) is 77.7 Å². The Kier molecular flexibility index (Phi) is 7.85. The van der Waals surface area contributed by atoms with Crippen molar-refractivity contribution in [3.8, 4) is 11.5 Å². The van der Waals surface area contributed by atoms with Gasteiger partial charge in [0.05, 0.1) is 19.3 Å². The first kappa shape index (κ1) is 26.7. The van der Waals surface area contributed by atoms with Gasteiger partial charge in [0, 0.05) is 25.2 Å². The monoisotopic (exact) mass is 549 g/mol. The highest BCUT2D eigenvalue weighted by molar-refractivity contribution is 7.89. The molecule has 2 aliphatic rings. The summed E-state index contributed by atoms with van der Waals surface area (Å²) in [6.07, 6.45) is 1.62. The molecule has 1 fully saturated rings. The molecule has 2 aliphatic heterocycles. The molecule has 0 aliphatic carbocycles. The second kappa shape index (κ2) is 11.5. The van der Waals surface area contributed by atoms with Crippen LogP contribution in [-0.4, -0.2) is 57.4 Å². The summed E-state index contributed by atoms with van der Waals surface area (Å²) in [6.45, 7) is 1.16. The number of nitrogens with zero attached hydrogens (tertiary/aromatic N) is 2. The van der Waals surface area contributed by atoms with Crippen molar-refractivity contribution in [3.63, 3.8) is 0 Å². The number of piperidine rings is 1. The fourth-order valence-electron chi connectivity index (χ4n) is 4.87. The largest absolute Gasteiger partial charge is 0.495 e. The van der Waals surface area contributed by atoms with Crippen molar-refractivity contribution in [2.75, 3.05) is 31.6 Å². The number of methoxy groups -OCH3 is 1. The molecule has 2 amide bonds. The summed E-state index contributed by atoms with van der Waals surface area (Å²) in [5.74, 6) is -0.220. The predicted molar refractivity (Wildman–Crippen MR) is 146 cm³/mol. The van der Waals surface area contributed by atoms with Crippen molar-refractivity contribution in [2.24, 2.45) is 0 Å². The van der Waals surface area contributed by atoms with E-state index in [0.29, 0.717) is 31.1 Å². The predicted octanol–water partition coefficient (Wildman–Crippen LogP) is 3.59. The molecular formula is C29H31N3O6S. The average Bonchev–Trinajstić information content (AvgIpc) is 2.99. The number of rotatable bonds is 7. The van der Waals surface area contributed by atoms with Crippen molar-refractivity contribution in [1.82, 2.24) is 9.62 Å². The van der Waals surface area contributed by atoms with Crippen LogP contribution >= 0.6 is 0 Å². The molecule has 1 atom stereocenters. The molecule has 39 heavy (non-hydrogen) atoms. The van der Waals surface area contributed by atoms with Gasteiger partial charge in [-0.05, 0) is 48.7 Å². The molecule has 1 unspecified atom stereocenters. The summed E-state index contributed by atoms with van der Waals surface area (Å²) in [4.78, 5) is 28.3. The van der Waals surface area contributed by atoms with Crippen LogP contribution in [0.25, 0.3) is 0 Å². The molecule has 1 saturated heterocycles. The van der Waals surface area contributed by atoms with Crippen LogP contribution in [0.3, 0.4) is 0 Å². The molecule has 0 aromatic heterocycles. The van der Waals surface area contributed by atoms with E-state index in [1.165, 1.54) is 28.4 Å². The van der Waals surface area contributed by atoms with Gasteiger partial charge in [-0.3, -0.25) is 9.59 Å². The normalized spacial score (nSPS) is 17.6. The Hall–Kier alpha value is -3.89. The number of hydrogen-bond acceptors (Lipinski definition) is 6. The minimum atomic E-state index is -3.86. The Bertz CT molecular complexity index is 1450. The number of carbonyl (C=O) groups is 2. The lowest BCUT2D eigenvalue weighted by Crippen LogP contribution is -2.50. The van der Waals surface area contributed by atoms with E-state index in [4.69, 9.17) is 9.47 Å². The van der Waals surface area contributed by atoms with Gasteiger partial charge in [0.25, 0.3) is 11.8 Å². The Labute approximate surface area is 228 Å². The van der Waals surface area contributed by atoms with E-state index in [-0.39, 0.29) is 28.7 Å². The van der Waals surface area contributed by atoms with E-state index in [2.05, 4.69) is 5.32 Å². The third-order valence-corrected chi connectivity index (χ3v) is 8.88. The third-order valence-electron chi connectivity index (χ3n) is 6.96. The fourth-order valence-corrected chi connectivity index (χ4v) is 6.57. The molecule has 0 radical (unpaired) electrons. The summed E-state index contributed by atoms with van der Waals surface area (Å²) < 4.78 is 39.8. The van der Waals surface area contributed by atoms with Crippen LogP contribution in [0.1, 0.15) is 35.2 Å². The van der Waals surface area contributed by atoms with Crippen LogP contribution in [0.4, 0.5) is 5.69 Å². The minimum Gasteiger partial charge on any atom is -0.495 e. The second-order valence-electron chi connectivity index (χ2n) is 9.52. The highest BCUT2D eigenvalue weighted by Crippen LogP contribution is 2.35. The topological polar surface area (TPSA) is 105 Å². The molecular weight excluding hydrogens is 518 g/mol. The van der Waals surface area contributed by atoms with Gasteiger partial charge in [0.15, 0.2) is 6.10 Å². The van der Waals surface area contributed by atoms with Crippen molar-refractivity contribution in [2.45, 2.75) is 36.8 Å². The van der Waals surface area contributed by atoms with Crippen molar-refractivity contribution in [3.05, 3.63) is 83.9 Å². The SMILES string of the molecule is COc1ccc(C(=O)N2CC(C(=O)NCc3ccccc3)Oc3ccccc32)cc1S(=O)(=O)N1CCCCC1. The van der Waals surface area contributed by atoms with Crippen LogP contribution in [0, 0.1) is 0 Å². The van der Waals surface area contributed by atoms with Gasteiger partial charge in [-0.2, -0.15) is 4.31 Å². The Balaban J connectivity index is 1.42. The van der Waals surface area contributed by atoms with Gasteiger partial charge in [-0.1, -0.05) is 48.9 Å². The maximum atomic E-state index is 13.9. The first-order chi connectivity index (χ1) is 18.9. The number of hydrogen-bond donors (Lipinski definition) is 1. The molecule has 10 heteroatoms. The van der Waals surface area contributed by atoms with Gasteiger partial charge < -0.3 is 19.7 Å². The van der Waals surface area contributed by atoms with E-state index >= 15 is 0 Å². The quantitative estimate of drug-likeness (QED) is 0.483. The Morgan fingerprint density at radius 3 is 2.44 bits per heavy atom. The Morgan fingerprint density at radius 2 is 1.69 bits per heavy atom. The molecule has 2 heterocycles. The lowest BCUT2D eigenvalue weighted by molar-refractivity contribution is -0.128. The highest BCUT2D eigenvalue weighted by atomic mass is 32.2. The number of anilines is 1. The average molecular weight is 550 g/mol. The second-order valence-corrected chi connectivity index (χ2v) is 11.4. The standard InChI is InChI=1S/C29H31N3O6S/c1-37-25-15-14-22(18-27(25)39(35,36)31-16-8-3-9-17-31)29(34)32-20-26(38-24-13-7-6-12-23(24)32)28(33)30-19-21-10-4-2-5-11-21/h2,4-7,10-15,18,26H,3,8-9,16-17,19-20H2,1H3,(H,30,33). The maximum Gasteiger partial charge on any atom is 0.263 e. The molecule has 0 saturated carbocycles. The van der Waals surface area contributed by atoms with Gasteiger partial charge >= 0.3 is 0 Å². The number of amides is 2. The molecule has 1 N–H and O–H groups in total. The number of benzene rings is 3. The van der Waals surface area contributed by atoms with Crippen LogP contribution in [0.5, 0.6) is 11.5 Å². The lowest BCUT2D eigenvalue weighted by atomic mass is 10.1. The van der Waals surface area contributed by atoms with Gasteiger partial charge in [-0.25, -0.2) is 8.42 Å². The van der Waals surface area contributed by atoms with E-state index in [1.54, 1.807) is 30.3 Å². The molecule has 0 bridgehead atoms. The number of nitrogens with one attached hydrogen (secondary N) is 1. The number of carbonyl (C=O) groups excluding carboxylic acids is 2. The van der Waals surface area contributed by atoms with Crippen LogP contribution < -0.4 is 19.7 Å². The molecule has 5 rings (SSSR count). The van der Waals surface area contributed by atoms with Crippen molar-refractivity contribution >= 4 is 27.5 Å². The number of ether oxygens (including phenoxy) is 2. The first-order valence-electron chi connectivity index (χ1n) is 13.0. The number of fused-ring (bicyclic) bond motifs is 1. The van der Waals surface area contributed by atoms with E-state index in [9.17, 15) is 18.0 Å². The summed E-state index contributed by atoms with van der Waals surface area (Å²) in [6, 6.07) is 20.9. The summed E-state index contributed by atoms with van der Waals surface area (Å²) in [7, 11) is -2.46. The number of sulfonamides is 1. The zero-order chi connectivity index (χ0) is 27.4.